The molecule has 0 spiro atoms. The van der Waals surface area contributed by atoms with Gasteiger partial charge in [0.25, 0.3) is 0 Å². The number of anilines is 1. The fourth-order valence-corrected chi connectivity index (χ4v) is 3.17. The zero-order valence-electron chi connectivity index (χ0n) is 12.6. The molecule has 1 aliphatic heterocycles. The Kier molecular flexibility index (Phi) is 4.36. The molecule has 2 aromatic heterocycles. The molecule has 0 radical (unpaired) electrons. The maximum absolute atomic E-state index is 5.92. The molecule has 3 rings (SSSR count). The molecule has 0 aromatic carbocycles. The molecule has 0 saturated carbocycles. The second kappa shape index (κ2) is 6.41. The minimum absolute atomic E-state index is 0.524. The zero-order valence-corrected chi connectivity index (χ0v) is 12.6. The van der Waals surface area contributed by atoms with E-state index in [-0.39, 0.29) is 0 Å². The van der Waals surface area contributed by atoms with Gasteiger partial charge in [-0.2, -0.15) is 5.10 Å². The monoisotopic (exact) mass is 288 g/mol. The van der Waals surface area contributed by atoms with E-state index in [9.17, 15) is 0 Å². The van der Waals surface area contributed by atoms with Crippen molar-refractivity contribution in [1.29, 1.82) is 0 Å². The van der Waals surface area contributed by atoms with Gasteiger partial charge in [0.15, 0.2) is 5.82 Å². The number of fused-ring (bicyclic) bond motifs is 1. The van der Waals surface area contributed by atoms with Crippen LogP contribution in [0.4, 0.5) is 5.82 Å². The largest absolute Gasteiger partial charge is 0.352 e. The van der Waals surface area contributed by atoms with Crippen LogP contribution >= 0.6 is 0 Å². The number of nitrogens with two attached hydrogens (primary N) is 1. The van der Waals surface area contributed by atoms with Gasteiger partial charge in [-0.15, -0.1) is 0 Å². The van der Waals surface area contributed by atoms with Crippen molar-refractivity contribution in [2.24, 2.45) is 5.73 Å². The summed E-state index contributed by atoms with van der Waals surface area (Å²) in [5, 5.41) is 4.28. The molecule has 1 saturated heterocycles. The quantitative estimate of drug-likeness (QED) is 0.888. The van der Waals surface area contributed by atoms with Crippen molar-refractivity contribution < 1.29 is 0 Å². The molecule has 1 atom stereocenters. The lowest BCUT2D eigenvalue weighted by molar-refractivity contribution is 0.179. The van der Waals surface area contributed by atoms with Gasteiger partial charge in [-0.1, -0.05) is 13.3 Å². The van der Waals surface area contributed by atoms with Crippen molar-refractivity contribution in [3.05, 3.63) is 24.7 Å². The third-order valence-corrected chi connectivity index (χ3v) is 4.33. The fourth-order valence-electron chi connectivity index (χ4n) is 3.17. The predicted molar refractivity (Wildman–Crippen MR) is 84.5 cm³/mol. The van der Waals surface area contributed by atoms with Crippen LogP contribution in [0.5, 0.6) is 0 Å². The molecule has 0 aliphatic carbocycles. The molecular weight excluding hydrogens is 264 g/mol. The summed E-state index contributed by atoms with van der Waals surface area (Å²) in [4.78, 5) is 9.43. The summed E-state index contributed by atoms with van der Waals surface area (Å²) in [7, 11) is 0. The van der Waals surface area contributed by atoms with Gasteiger partial charge in [-0.3, -0.25) is 4.90 Å². The average molecular weight is 288 g/mol. The summed E-state index contributed by atoms with van der Waals surface area (Å²) in [5.41, 5.74) is 7.00. The topological polar surface area (TPSA) is 62.7 Å². The highest BCUT2D eigenvalue weighted by molar-refractivity contribution is 5.68. The van der Waals surface area contributed by atoms with E-state index in [0.717, 1.165) is 44.1 Å². The Bertz CT molecular complexity index is 572. The van der Waals surface area contributed by atoms with Crippen LogP contribution in [0.25, 0.3) is 5.52 Å². The third-order valence-electron chi connectivity index (χ3n) is 4.33. The van der Waals surface area contributed by atoms with E-state index in [4.69, 9.17) is 5.73 Å². The van der Waals surface area contributed by atoms with Crippen LogP contribution < -0.4 is 10.6 Å². The lowest BCUT2D eigenvalue weighted by Gasteiger charge is -2.39. The fraction of sp³-hybridized carbons (Fsp3) is 0.600. The minimum atomic E-state index is 0.524. The molecule has 6 nitrogen and oxygen atoms in total. The first kappa shape index (κ1) is 14.3. The smallest absolute Gasteiger partial charge is 0.154 e. The van der Waals surface area contributed by atoms with Crippen LogP contribution in [0.1, 0.15) is 19.8 Å². The first-order valence-electron chi connectivity index (χ1n) is 7.81. The summed E-state index contributed by atoms with van der Waals surface area (Å²) in [6.45, 7) is 7.08. The molecular formula is C15H24N6. The van der Waals surface area contributed by atoms with Crippen molar-refractivity contribution in [2.45, 2.75) is 25.8 Å². The van der Waals surface area contributed by atoms with Crippen molar-refractivity contribution in [1.82, 2.24) is 19.5 Å². The van der Waals surface area contributed by atoms with Gasteiger partial charge >= 0.3 is 0 Å². The van der Waals surface area contributed by atoms with Crippen molar-refractivity contribution in [3.63, 3.8) is 0 Å². The molecule has 21 heavy (non-hydrogen) atoms. The lowest BCUT2D eigenvalue weighted by atomic mass is 10.1. The van der Waals surface area contributed by atoms with E-state index in [1.165, 1.54) is 12.8 Å². The number of hydrogen-bond acceptors (Lipinski definition) is 5. The highest BCUT2D eigenvalue weighted by Crippen LogP contribution is 2.20. The third kappa shape index (κ3) is 2.87. The summed E-state index contributed by atoms with van der Waals surface area (Å²) in [6, 6.07) is 2.55. The SMILES string of the molecule is CCCC(CN)N1CCN(c2nccn3nccc23)CC1. The maximum Gasteiger partial charge on any atom is 0.154 e. The number of aromatic nitrogens is 3. The van der Waals surface area contributed by atoms with E-state index in [1.807, 2.05) is 29.2 Å². The molecule has 114 valence electrons. The first-order chi connectivity index (χ1) is 10.3. The Hall–Kier alpha value is -1.66. The van der Waals surface area contributed by atoms with Crippen molar-refractivity contribution >= 4 is 11.3 Å². The standard InChI is InChI=1S/C15H24N6/c1-2-3-13(12-16)19-8-10-20(11-9-19)15-14-4-5-18-21(14)7-6-17-15/h4-7,13H,2-3,8-12,16H2,1H3. The highest BCUT2D eigenvalue weighted by Gasteiger charge is 2.24. The number of rotatable bonds is 5. The molecule has 1 aliphatic rings. The van der Waals surface area contributed by atoms with E-state index in [2.05, 4.69) is 26.8 Å². The number of hydrogen-bond donors (Lipinski definition) is 1. The number of nitrogens with zero attached hydrogens (tertiary/aromatic N) is 5. The maximum atomic E-state index is 5.92. The molecule has 6 heteroatoms. The molecule has 1 fully saturated rings. The van der Waals surface area contributed by atoms with E-state index in [1.54, 1.807) is 0 Å². The van der Waals surface area contributed by atoms with Crippen molar-refractivity contribution in [2.75, 3.05) is 37.6 Å². The van der Waals surface area contributed by atoms with Crippen LogP contribution in [-0.2, 0) is 0 Å². The summed E-state index contributed by atoms with van der Waals surface area (Å²) >= 11 is 0. The van der Waals surface area contributed by atoms with E-state index in [0.29, 0.717) is 6.04 Å². The van der Waals surface area contributed by atoms with Crippen LogP contribution in [0.15, 0.2) is 24.7 Å². The van der Waals surface area contributed by atoms with Gasteiger partial charge in [0.05, 0.1) is 6.20 Å². The Balaban J connectivity index is 1.69. The Morgan fingerprint density at radius 1 is 1.24 bits per heavy atom. The molecule has 2 aromatic rings. The second-order valence-corrected chi connectivity index (χ2v) is 5.61. The Morgan fingerprint density at radius 3 is 2.76 bits per heavy atom. The molecule has 3 heterocycles. The molecule has 0 bridgehead atoms. The summed E-state index contributed by atoms with van der Waals surface area (Å²) in [6.07, 6.45) is 7.91. The van der Waals surface area contributed by atoms with Crippen molar-refractivity contribution in [3.8, 4) is 0 Å². The Labute approximate surface area is 125 Å². The van der Waals surface area contributed by atoms with Crippen LogP contribution in [0, 0.1) is 0 Å². The van der Waals surface area contributed by atoms with Crippen LogP contribution in [-0.4, -0.2) is 58.3 Å². The molecule has 1 unspecified atom stereocenters. The van der Waals surface area contributed by atoms with Gasteiger partial charge in [0.1, 0.15) is 5.52 Å². The average Bonchev–Trinajstić information content (AvgIpc) is 3.01. The number of piperazine rings is 1. The minimum Gasteiger partial charge on any atom is -0.352 e. The van der Waals surface area contributed by atoms with Gasteiger partial charge in [0, 0.05) is 51.2 Å². The normalized spacial score (nSPS) is 18.3. The van der Waals surface area contributed by atoms with Gasteiger partial charge in [-0.05, 0) is 12.5 Å². The Morgan fingerprint density at radius 2 is 2.05 bits per heavy atom. The summed E-state index contributed by atoms with van der Waals surface area (Å²) < 4.78 is 1.88. The van der Waals surface area contributed by atoms with Crippen LogP contribution in [0.2, 0.25) is 0 Å². The lowest BCUT2D eigenvalue weighted by Crippen LogP contribution is -2.52. The van der Waals surface area contributed by atoms with Gasteiger partial charge < -0.3 is 10.6 Å². The molecule has 0 amide bonds. The highest BCUT2D eigenvalue weighted by atomic mass is 15.3. The summed E-state index contributed by atoms with van der Waals surface area (Å²) in [5.74, 6) is 1.04. The second-order valence-electron chi connectivity index (χ2n) is 5.61. The van der Waals surface area contributed by atoms with E-state index < -0.39 is 0 Å². The predicted octanol–water partition coefficient (Wildman–Crippen LogP) is 0.979. The zero-order chi connectivity index (χ0) is 14.7. The van der Waals surface area contributed by atoms with Gasteiger partial charge in [-0.25, -0.2) is 9.50 Å². The van der Waals surface area contributed by atoms with Crippen LogP contribution in [0.3, 0.4) is 0 Å². The first-order valence-corrected chi connectivity index (χ1v) is 7.81. The van der Waals surface area contributed by atoms with E-state index >= 15 is 0 Å². The van der Waals surface area contributed by atoms with Gasteiger partial charge in [0.2, 0.25) is 0 Å². The molecule has 2 N–H and O–H groups in total.